The Morgan fingerprint density at radius 3 is 3.00 bits per heavy atom. The Bertz CT molecular complexity index is 514. The number of hydrogen-bond donors (Lipinski definition) is 2. The molecule has 1 heterocycles. The average molecular weight is 249 g/mol. The highest BCUT2D eigenvalue weighted by Crippen LogP contribution is 2.04. The summed E-state index contributed by atoms with van der Waals surface area (Å²) in [6.07, 6.45) is 1.99. The SMILES string of the molecule is O=C(NCCc1cccc(F)c1)Nc1ccno1. The van der Waals surface area contributed by atoms with Crippen molar-refractivity contribution in [2.24, 2.45) is 0 Å². The molecule has 2 rings (SSSR count). The van der Waals surface area contributed by atoms with Crippen LogP contribution in [0.1, 0.15) is 5.56 Å². The van der Waals surface area contributed by atoms with Crippen LogP contribution < -0.4 is 10.6 Å². The van der Waals surface area contributed by atoms with E-state index in [1.54, 1.807) is 12.1 Å². The van der Waals surface area contributed by atoms with Gasteiger partial charge in [-0.1, -0.05) is 17.3 Å². The topological polar surface area (TPSA) is 67.2 Å². The molecule has 18 heavy (non-hydrogen) atoms. The molecule has 0 spiro atoms. The van der Waals surface area contributed by atoms with Crippen molar-refractivity contribution in [2.45, 2.75) is 6.42 Å². The highest BCUT2D eigenvalue weighted by atomic mass is 19.1. The number of benzene rings is 1. The van der Waals surface area contributed by atoms with E-state index < -0.39 is 0 Å². The van der Waals surface area contributed by atoms with Gasteiger partial charge in [-0.05, 0) is 24.1 Å². The number of aromatic nitrogens is 1. The summed E-state index contributed by atoms with van der Waals surface area (Å²) in [6, 6.07) is 7.41. The van der Waals surface area contributed by atoms with E-state index in [1.807, 2.05) is 0 Å². The van der Waals surface area contributed by atoms with Gasteiger partial charge in [-0.25, -0.2) is 9.18 Å². The minimum atomic E-state index is -0.386. The van der Waals surface area contributed by atoms with Crippen molar-refractivity contribution in [2.75, 3.05) is 11.9 Å². The van der Waals surface area contributed by atoms with Gasteiger partial charge in [0.1, 0.15) is 5.82 Å². The Kier molecular flexibility index (Phi) is 3.90. The normalized spacial score (nSPS) is 10.1. The molecule has 0 aliphatic rings. The summed E-state index contributed by atoms with van der Waals surface area (Å²) in [4.78, 5) is 11.4. The molecule has 6 heteroatoms. The Labute approximate surface area is 103 Å². The fraction of sp³-hybridized carbons (Fsp3) is 0.167. The fourth-order valence-electron chi connectivity index (χ4n) is 1.45. The molecule has 0 saturated heterocycles. The fourth-order valence-corrected chi connectivity index (χ4v) is 1.45. The van der Waals surface area contributed by atoms with Crippen LogP contribution in [0.15, 0.2) is 41.1 Å². The highest BCUT2D eigenvalue weighted by Gasteiger charge is 2.03. The van der Waals surface area contributed by atoms with E-state index in [0.29, 0.717) is 13.0 Å². The second-order valence-corrected chi connectivity index (χ2v) is 3.64. The van der Waals surface area contributed by atoms with Crippen LogP contribution in [0.25, 0.3) is 0 Å². The summed E-state index contributed by atoms with van der Waals surface area (Å²) in [5.41, 5.74) is 0.829. The molecule has 0 radical (unpaired) electrons. The van der Waals surface area contributed by atoms with E-state index in [4.69, 9.17) is 4.52 Å². The van der Waals surface area contributed by atoms with Crippen LogP contribution in [0.3, 0.4) is 0 Å². The quantitative estimate of drug-likeness (QED) is 0.872. The van der Waals surface area contributed by atoms with Crippen molar-refractivity contribution in [3.05, 3.63) is 47.9 Å². The van der Waals surface area contributed by atoms with Gasteiger partial charge in [-0.3, -0.25) is 5.32 Å². The van der Waals surface area contributed by atoms with Crippen molar-refractivity contribution in [1.29, 1.82) is 0 Å². The Balaban J connectivity index is 1.73. The van der Waals surface area contributed by atoms with E-state index >= 15 is 0 Å². The van der Waals surface area contributed by atoms with Gasteiger partial charge in [0.15, 0.2) is 0 Å². The van der Waals surface area contributed by atoms with Crippen LogP contribution >= 0.6 is 0 Å². The van der Waals surface area contributed by atoms with E-state index in [1.165, 1.54) is 24.4 Å². The lowest BCUT2D eigenvalue weighted by molar-refractivity contribution is 0.251. The molecule has 0 saturated carbocycles. The van der Waals surface area contributed by atoms with E-state index in [9.17, 15) is 9.18 Å². The monoisotopic (exact) mass is 249 g/mol. The molecule has 94 valence electrons. The summed E-state index contributed by atoms with van der Waals surface area (Å²) >= 11 is 0. The zero-order valence-electron chi connectivity index (χ0n) is 9.52. The predicted octanol–water partition coefficient (Wildman–Crippen LogP) is 2.18. The summed E-state index contributed by atoms with van der Waals surface area (Å²) in [5, 5.41) is 8.55. The van der Waals surface area contributed by atoms with Gasteiger partial charge in [0, 0.05) is 12.6 Å². The first kappa shape index (κ1) is 12.1. The number of rotatable bonds is 4. The first-order chi connectivity index (χ1) is 8.74. The molecule has 2 aromatic rings. The van der Waals surface area contributed by atoms with E-state index in [0.717, 1.165) is 5.56 Å². The third kappa shape index (κ3) is 3.58. The lowest BCUT2D eigenvalue weighted by atomic mass is 10.1. The van der Waals surface area contributed by atoms with Crippen LogP contribution in [0.2, 0.25) is 0 Å². The molecular weight excluding hydrogens is 237 g/mol. The third-order valence-electron chi connectivity index (χ3n) is 2.26. The Morgan fingerprint density at radius 1 is 1.39 bits per heavy atom. The number of amides is 2. The number of nitrogens with one attached hydrogen (secondary N) is 2. The molecule has 0 unspecified atom stereocenters. The molecule has 1 aromatic carbocycles. The van der Waals surface area contributed by atoms with Crippen molar-refractivity contribution in [1.82, 2.24) is 10.5 Å². The Hall–Kier alpha value is -2.37. The van der Waals surface area contributed by atoms with Crippen LogP contribution in [0.4, 0.5) is 15.1 Å². The number of hydrogen-bond acceptors (Lipinski definition) is 3. The van der Waals surface area contributed by atoms with Gasteiger partial charge in [0.05, 0.1) is 6.20 Å². The van der Waals surface area contributed by atoms with Crippen molar-refractivity contribution in [3.8, 4) is 0 Å². The number of halogens is 1. The molecule has 0 bridgehead atoms. The molecule has 0 atom stereocenters. The number of carbonyl (C=O) groups is 1. The van der Waals surface area contributed by atoms with Crippen molar-refractivity contribution >= 4 is 11.9 Å². The van der Waals surface area contributed by atoms with Crippen molar-refractivity contribution < 1.29 is 13.7 Å². The van der Waals surface area contributed by atoms with E-state index in [2.05, 4.69) is 15.8 Å². The summed E-state index contributed by atoms with van der Waals surface area (Å²) in [7, 11) is 0. The number of urea groups is 1. The van der Waals surface area contributed by atoms with Gasteiger partial charge >= 0.3 is 6.03 Å². The molecule has 2 N–H and O–H groups in total. The van der Waals surface area contributed by atoms with Crippen LogP contribution in [-0.2, 0) is 6.42 Å². The first-order valence-electron chi connectivity index (χ1n) is 5.44. The molecule has 2 amide bonds. The predicted molar refractivity (Wildman–Crippen MR) is 63.6 cm³/mol. The molecule has 5 nitrogen and oxygen atoms in total. The van der Waals surface area contributed by atoms with Gasteiger partial charge in [-0.2, -0.15) is 0 Å². The molecule has 0 aliphatic heterocycles. The second-order valence-electron chi connectivity index (χ2n) is 3.64. The third-order valence-corrected chi connectivity index (χ3v) is 2.26. The molecule has 1 aromatic heterocycles. The Morgan fingerprint density at radius 2 is 2.28 bits per heavy atom. The smallest absolute Gasteiger partial charge is 0.321 e. The maximum absolute atomic E-state index is 12.9. The van der Waals surface area contributed by atoms with Gasteiger partial charge in [-0.15, -0.1) is 0 Å². The van der Waals surface area contributed by atoms with Gasteiger partial charge < -0.3 is 9.84 Å². The number of carbonyl (C=O) groups excluding carboxylic acids is 1. The largest absolute Gasteiger partial charge is 0.338 e. The zero-order valence-corrected chi connectivity index (χ0v) is 9.52. The zero-order chi connectivity index (χ0) is 12.8. The molecular formula is C12H12FN3O2. The second kappa shape index (κ2) is 5.81. The van der Waals surface area contributed by atoms with Gasteiger partial charge in [0.25, 0.3) is 0 Å². The van der Waals surface area contributed by atoms with E-state index in [-0.39, 0.29) is 17.7 Å². The van der Waals surface area contributed by atoms with Crippen molar-refractivity contribution in [3.63, 3.8) is 0 Å². The standard InChI is InChI=1S/C12H12FN3O2/c13-10-3-1-2-9(8-10)4-6-14-12(17)16-11-5-7-15-18-11/h1-3,5,7-8H,4,6H2,(H2,14,16,17). The lowest BCUT2D eigenvalue weighted by Crippen LogP contribution is -2.30. The highest BCUT2D eigenvalue weighted by molar-refractivity contribution is 5.87. The molecule has 0 fully saturated rings. The minimum absolute atomic E-state index is 0.276. The maximum Gasteiger partial charge on any atom is 0.321 e. The average Bonchev–Trinajstić information content (AvgIpc) is 2.82. The van der Waals surface area contributed by atoms with Crippen LogP contribution in [0.5, 0.6) is 0 Å². The minimum Gasteiger partial charge on any atom is -0.338 e. The summed E-state index contributed by atoms with van der Waals surface area (Å²) in [5.74, 6) is -0.00290. The lowest BCUT2D eigenvalue weighted by Gasteiger charge is -2.05. The van der Waals surface area contributed by atoms with Gasteiger partial charge in [0.2, 0.25) is 5.88 Å². The van der Waals surface area contributed by atoms with Crippen LogP contribution in [-0.4, -0.2) is 17.7 Å². The summed E-state index contributed by atoms with van der Waals surface area (Å²) < 4.78 is 17.6. The summed E-state index contributed by atoms with van der Waals surface area (Å²) in [6.45, 7) is 0.406. The number of anilines is 1. The maximum atomic E-state index is 12.9. The number of nitrogens with zero attached hydrogens (tertiary/aromatic N) is 1. The first-order valence-corrected chi connectivity index (χ1v) is 5.44. The molecule has 0 aliphatic carbocycles. The van der Waals surface area contributed by atoms with Crippen LogP contribution in [0, 0.1) is 5.82 Å².